The second-order valence-electron chi connectivity index (χ2n) is 7.72. The number of fused-ring (bicyclic) bond motifs is 1. The van der Waals surface area contributed by atoms with Crippen molar-refractivity contribution in [3.63, 3.8) is 0 Å². The molecule has 156 valence electrons. The summed E-state index contributed by atoms with van der Waals surface area (Å²) in [6, 6.07) is 7.45. The first-order valence-electron chi connectivity index (χ1n) is 10.4. The van der Waals surface area contributed by atoms with E-state index in [-0.39, 0.29) is 30.0 Å². The van der Waals surface area contributed by atoms with Crippen molar-refractivity contribution >= 4 is 16.8 Å². The van der Waals surface area contributed by atoms with Gasteiger partial charge in [0.2, 0.25) is 5.91 Å². The van der Waals surface area contributed by atoms with Crippen LogP contribution in [0.5, 0.6) is 5.75 Å². The van der Waals surface area contributed by atoms with Gasteiger partial charge in [0.05, 0.1) is 39.1 Å². The molecule has 0 spiro atoms. The van der Waals surface area contributed by atoms with Crippen molar-refractivity contribution in [2.75, 3.05) is 33.0 Å². The number of pyridine rings is 1. The van der Waals surface area contributed by atoms with E-state index in [0.717, 1.165) is 35.9 Å². The lowest BCUT2D eigenvalue weighted by Crippen LogP contribution is -2.46. The van der Waals surface area contributed by atoms with Crippen molar-refractivity contribution < 1.29 is 19.0 Å². The fourth-order valence-electron chi connectivity index (χ4n) is 3.84. The zero-order chi connectivity index (χ0) is 20.2. The molecular weight excluding hydrogens is 372 g/mol. The molecule has 0 radical (unpaired) electrons. The lowest BCUT2D eigenvalue weighted by atomic mass is 9.84. The van der Waals surface area contributed by atoms with Crippen LogP contribution in [0.4, 0.5) is 0 Å². The lowest BCUT2D eigenvalue weighted by Gasteiger charge is -2.34. The number of carbonyl (C=O) groups excluding carboxylic acids is 1. The third-order valence-electron chi connectivity index (χ3n) is 5.64. The van der Waals surface area contributed by atoms with E-state index in [4.69, 9.17) is 14.2 Å². The summed E-state index contributed by atoms with van der Waals surface area (Å²) in [5.41, 5.74) is 1.15. The van der Waals surface area contributed by atoms with Crippen molar-refractivity contribution in [3.8, 4) is 5.75 Å². The van der Waals surface area contributed by atoms with Crippen LogP contribution in [0.25, 0.3) is 10.9 Å². The van der Waals surface area contributed by atoms with E-state index >= 15 is 0 Å². The fraction of sp³-hybridized carbons (Fsp3) is 0.545. The Morgan fingerprint density at radius 1 is 1.28 bits per heavy atom. The highest BCUT2D eigenvalue weighted by Crippen LogP contribution is 2.29. The molecule has 7 heteroatoms. The summed E-state index contributed by atoms with van der Waals surface area (Å²) in [5.74, 6) is 0.921. The standard InChI is InChI=1S/C22H28N2O5/c1-2-28-18-6-7-20-16(11-18)10-17(21(25)23-20)12-24(22(26)15-4-3-5-15)13-19-14-27-8-9-29-19/h6-7,10-11,15,19H,2-5,8-9,12-14H2,1H3,(H,23,25). The van der Waals surface area contributed by atoms with E-state index in [1.807, 2.05) is 31.2 Å². The number of hydrogen-bond donors (Lipinski definition) is 1. The molecule has 1 N–H and O–H groups in total. The first kappa shape index (κ1) is 19.9. The Hall–Kier alpha value is -2.38. The average molecular weight is 400 g/mol. The predicted octanol–water partition coefficient (Wildman–Crippen LogP) is 2.47. The Kier molecular flexibility index (Phi) is 6.16. The van der Waals surface area contributed by atoms with Crippen LogP contribution >= 0.6 is 0 Å². The third-order valence-corrected chi connectivity index (χ3v) is 5.64. The number of H-pyrrole nitrogens is 1. The van der Waals surface area contributed by atoms with Gasteiger partial charge in [0.1, 0.15) is 5.75 Å². The third kappa shape index (κ3) is 4.62. The van der Waals surface area contributed by atoms with Crippen molar-refractivity contribution in [3.05, 3.63) is 40.2 Å². The Morgan fingerprint density at radius 3 is 2.83 bits per heavy atom. The highest BCUT2D eigenvalue weighted by molar-refractivity contribution is 5.81. The number of aromatic nitrogens is 1. The highest BCUT2D eigenvalue weighted by atomic mass is 16.6. The molecular formula is C22H28N2O5. The summed E-state index contributed by atoms with van der Waals surface area (Å²) >= 11 is 0. The lowest BCUT2D eigenvalue weighted by molar-refractivity contribution is -0.145. The summed E-state index contributed by atoms with van der Waals surface area (Å²) in [4.78, 5) is 30.4. The number of hydrogen-bond acceptors (Lipinski definition) is 5. The SMILES string of the molecule is CCOc1ccc2[nH]c(=O)c(CN(CC3COCCO3)C(=O)C3CCC3)cc2c1. The molecule has 0 bridgehead atoms. The number of rotatable bonds is 7. The van der Waals surface area contributed by atoms with Crippen molar-refractivity contribution in [2.45, 2.75) is 38.8 Å². The molecule has 1 atom stereocenters. The van der Waals surface area contributed by atoms with Crippen LogP contribution < -0.4 is 10.3 Å². The van der Waals surface area contributed by atoms with Crippen LogP contribution in [0.15, 0.2) is 29.1 Å². The van der Waals surface area contributed by atoms with Gasteiger partial charge >= 0.3 is 0 Å². The second kappa shape index (κ2) is 8.97. The molecule has 4 rings (SSSR count). The smallest absolute Gasteiger partial charge is 0.253 e. The first-order chi connectivity index (χ1) is 14.1. The molecule has 2 aromatic rings. The van der Waals surface area contributed by atoms with Crippen LogP contribution in [0.3, 0.4) is 0 Å². The van der Waals surface area contributed by atoms with Crippen LogP contribution in [0.2, 0.25) is 0 Å². The predicted molar refractivity (Wildman–Crippen MR) is 109 cm³/mol. The molecule has 29 heavy (non-hydrogen) atoms. The van der Waals surface area contributed by atoms with Crippen molar-refractivity contribution in [1.29, 1.82) is 0 Å². The largest absolute Gasteiger partial charge is 0.494 e. The molecule has 1 saturated carbocycles. The number of carbonyl (C=O) groups is 1. The topological polar surface area (TPSA) is 80.9 Å². The van der Waals surface area contributed by atoms with E-state index in [1.165, 1.54) is 0 Å². The quantitative estimate of drug-likeness (QED) is 0.772. The maximum Gasteiger partial charge on any atom is 0.253 e. The Morgan fingerprint density at radius 2 is 2.14 bits per heavy atom. The molecule has 7 nitrogen and oxygen atoms in total. The van der Waals surface area contributed by atoms with Crippen molar-refractivity contribution in [1.82, 2.24) is 9.88 Å². The van der Waals surface area contributed by atoms with Gasteiger partial charge in [-0.1, -0.05) is 6.42 Å². The summed E-state index contributed by atoms with van der Waals surface area (Å²) in [6.07, 6.45) is 2.77. The van der Waals surface area contributed by atoms with Gasteiger partial charge in [0.15, 0.2) is 0 Å². The second-order valence-corrected chi connectivity index (χ2v) is 7.72. The number of benzene rings is 1. The average Bonchev–Trinajstić information content (AvgIpc) is 2.68. The summed E-state index contributed by atoms with van der Waals surface area (Å²) in [7, 11) is 0. The molecule has 1 saturated heterocycles. The molecule has 1 aromatic carbocycles. The molecule has 2 heterocycles. The van der Waals surface area contributed by atoms with Gasteiger partial charge in [-0.05, 0) is 44.0 Å². The maximum absolute atomic E-state index is 13.0. The number of aromatic amines is 1. The summed E-state index contributed by atoms with van der Waals surface area (Å²) in [5, 5.41) is 0.888. The van der Waals surface area contributed by atoms with Crippen LogP contribution in [0, 0.1) is 5.92 Å². The number of ether oxygens (including phenoxy) is 3. The number of nitrogens with zero attached hydrogens (tertiary/aromatic N) is 1. The van der Waals surface area contributed by atoms with Crippen LogP contribution in [-0.4, -0.2) is 54.9 Å². The zero-order valence-electron chi connectivity index (χ0n) is 16.8. The Balaban J connectivity index is 1.59. The van der Waals surface area contributed by atoms with Gasteiger partial charge in [0, 0.05) is 28.9 Å². The summed E-state index contributed by atoms with van der Waals surface area (Å²) < 4.78 is 16.8. The monoisotopic (exact) mass is 400 g/mol. The zero-order valence-corrected chi connectivity index (χ0v) is 16.8. The van der Waals surface area contributed by atoms with Crippen LogP contribution in [0.1, 0.15) is 31.7 Å². The van der Waals surface area contributed by atoms with E-state index in [0.29, 0.717) is 38.5 Å². The van der Waals surface area contributed by atoms with Gasteiger partial charge in [-0.2, -0.15) is 0 Å². The number of amides is 1. The minimum atomic E-state index is -0.172. The van der Waals surface area contributed by atoms with Gasteiger partial charge in [-0.15, -0.1) is 0 Å². The normalized spacial score (nSPS) is 19.7. The fourth-order valence-corrected chi connectivity index (χ4v) is 3.84. The van der Waals surface area contributed by atoms with E-state index in [9.17, 15) is 9.59 Å². The van der Waals surface area contributed by atoms with Crippen LogP contribution in [-0.2, 0) is 20.8 Å². The number of nitrogens with one attached hydrogen (secondary N) is 1. The van der Waals surface area contributed by atoms with Gasteiger partial charge in [0.25, 0.3) is 5.56 Å². The molecule has 2 fully saturated rings. The summed E-state index contributed by atoms with van der Waals surface area (Å²) in [6.45, 7) is 4.80. The minimum absolute atomic E-state index is 0.0589. The van der Waals surface area contributed by atoms with E-state index in [2.05, 4.69) is 4.98 Å². The molecule has 1 aromatic heterocycles. The van der Waals surface area contributed by atoms with Gasteiger partial charge in [-0.25, -0.2) is 0 Å². The molecule has 1 amide bonds. The van der Waals surface area contributed by atoms with Gasteiger partial charge < -0.3 is 24.1 Å². The molecule has 1 aliphatic carbocycles. The maximum atomic E-state index is 13.0. The van der Waals surface area contributed by atoms with Crippen molar-refractivity contribution in [2.24, 2.45) is 5.92 Å². The molecule has 1 unspecified atom stereocenters. The first-order valence-corrected chi connectivity index (χ1v) is 10.4. The minimum Gasteiger partial charge on any atom is -0.494 e. The Bertz CT molecular complexity index is 915. The highest BCUT2D eigenvalue weighted by Gasteiger charge is 2.31. The van der Waals surface area contributed by atoms with E-state index < -0.39 is 0 Å². The molecule has 2 aliphatic rings. The van der Waals surface area contributed by atoms with E-state index in [1.54, 1.807) is 4.90 Å². The van der Waals surface area contributed by atoms with Gasteiger partial charge in [-0.3, -0.25) is 9.59 Å². The Labute approximate surface area is 169 Å². The molecule has 1 aliphatic heterocycles.